The number of aromatic hydroxyl groups is 1. The largest absolute Gasteiger partial charge is 0.508 e. The highest BCUT2D eigenvalue weighted by Crippen LogP contribution is 2.29. The Morgan fingerprint density at radius 1 is 0.587 bits per heavy atom. The summed E-state index contributed by atoms with van der Waals surface area (Å²) in [5.41, 5.74) is 18.5. The molecule has 0 aliphatic carbocycles. The van der Waals surface area contributed by atoms with Gasteiger partial charge in [0.1, 0.15) is 108 Å². The van der Waals surface area contributed by atoms with Crippen LogP contribution in [-0.2, 0) is 117 Å². The minimum Gasteiger partial charge on any atom is -0.508 e. The first kappa shape index (κ1) is 115. The van der Waals surface area contributed by atoms with Crippen molar-refractivity contribution in [2.24, 2.45) is 29.0 Å². The number of aromatic amines is 1. The molecule has 5 heterocycles. The van der Waals surface area contributed by atoms with E-state index in [0.717, 1.165) is 36.3 Å². The molecule has 3 fully saturated rings. The average molecular weight is 2010 g/mol. The molecular formula is C98H139N21O23S. The fourth-order valence-electron chi connectivity index (χ4n) is 17.6. The number of likely N-dealkylation sites (N-methyl/N-ethyl adjacent to an activating group) is 3. The molecule has 143 heavy (non-hydrogen) atoms. The summed E-state index contributed by atoms with van der Waals surface area (Å²) in [5.74, 6) is -19.1. The molecule has 780 valence electrons. The molecule has 0 spiro atoms. The number of amides is 17. The van der Waals surface area contributed by atoms with Gasteiger partial charge < -0.3 is 130 Å². The first-order chi connectivity index (χ1) is 67.6. The average Bonchev–Trinajstić information content (AvgIpc) is 1.66. The van der Waals surface area contributed by atoms with Crippen molar-refractivity contribution < 1.29 is 112 Å². The van der Waals surface area contributed by atoms with Gasteiger partial charge >= 0.3 is 11.9 Å². The Morgan fingerprint density at radius 3 is 1.76 bits per heavy atom. The number of aliphatic hydroxyl groups is 1. The van der Waals surface area contributed by atoms with Gasteiger partial charge in [-0.05, 0) is 125 Å². The molecule has 3 aromatic carbocycles. The van der Waals surface area contributed by atoms with Gasteiger partial charge in [0, 0.05) is 113 Å². The fourth-order valence-corrected chi connectivity index (χ4v) is 18.5. The first-order valence-electron chi connectivity index (χ1n) is 48.1. The maximum Gasteiger partial charge on any atom is 0.327 e. The van der Waals surface area contributed by atoms with Gasteiger partial charge in [0.2, 0.25) is 100 Å². The summed E-state index contributed by atoms with van der Waals surface area (Å²) >= 11 is 0.722. The van der Waals surface area contributed by atoms with Crippen LogP contribution in [0, 0.1) is 24.2 Å². The Kier molecular flexibility index (Phi) is 42.8. The summed E-state index contributed by atoms with van der Waals surface area (Å²) in [5, 5.41) is 71.9. The summed E-state index contributed by atoms with van der Waals surface area (Å²) < 4.78 is 1.43. The second kappa shape index (κ2) is 53.4. The van der Waals surface area contributed by atoms with Crippen molar-refractivity contribution in [3.8, 4) is 18.1 Å². The smallest absolute Gasteiger partial charge is 0.327 e. The van der Waals surface area contributed by atoms with Crippen molar-refractivity contribution in [2.75, 3.05) is 58.8 Å². The molecule has 0 radical (unpaired) electrons. The molecule has 0 saturated carbocycles. The molecule has 3 aliphatic heterocycles. The van der Waals surface area contributed by atoms with Crippen LogP contribution in [0.5, 0.6) is 5.75 Å². The number of benzene rings is 3. The third-order valence-electron chi connectivity index (χ3n) is 25.6. The number of phenolic OH excluding ortho intramolecular Hbond substituents is 1. The zero-order valence-electron chi connectivity index (χ0n) is 82.9. The number of primary amides is 1. The summed E-state index contributed by atoms with van der Waals surface area (Å²) in [4.78, 5) is 287. The molecule has 0 unspecified atom stereocenters. The molecule has 17 amide bonds. The van der Waals surface area contributed by atoms with Gasteiger partial charge in [0.15, 0.2) is 0 Å². The van der Waals surface area contributed by atoms with Gasteiger partial charge in [-0.25, -0.2) is 4.79 Å². The molecular weight excluding hydrogens is 1870 g/mol. The van der Waals surface area contributed by atoms with Crippen molar-refractivity contribution in [1.82, 2.24) is 92.5 Å². The van der Waals surface area contributed by atoms with Gasteiger partial charge in [-0.15, -0.1) is 24.1 Å². The number of aromatic nitrogens is 2. The van der Waals surface area contributed by atoms with Crippen molar-refractivity contribution in [2.45, 2.75) is 280 Å². The monoisotopic (exact) mass is 2010 g/mol. The number of carbonyl (C=O) groups excluding carboxylic acids is 17. The van der Waals surface area contributed by atoms with E-state index in [1.54, 1.807) is 82.4 Å². The lowest BCUT2D eigenvalue weighted by molar-refractivity contribution is -0.149. The number of carbonyl (C=O) groups is 19. The van der Waals surface area contributed by atoms with E-state index in [4.69, 9.17) is 23.6 Å². The predicted molar refractivity (Wildman–Crippen MR) is 528 cm³/mol. The van der Waals surface area contributed by atoms with Gasteiger partial charge in [-0.1, -0.05) is 116 Å². The Morgan fingerprint density at radius 2 is 1.13 bits per heavy atom. The van der Waals surface area contributed by atoms with Crippen molar-refractivity contribution in [1.29, 1.82) is 0 Å². The van der Waals surface area contributed by atoms with E-state index in [1.165, 1.54) is 76.9 Å². The Balaban J connectivity index is 1.23. The molecule has 22 N–H and O–H groups in total. The second-order valence-electron chi connectivity index (χ2n) is 38.0. The van der Waals surface area contributed by atoms with Crippen LogP contribution in [0.3, 0.4) is 0 Å². The van der Waals surface area contributed by atoms with Crippen LogP contribution in [0.25, 0.3) is 21.8 Å². The number of nitrogens with one attached hydrogen (secondary N) is 12. The lowest BCUT2D eigenvalue weighted by atomic mass is 9.99. The number of nitrogens with two attached hydrogens (primary N) is 3. The lowest BCUT2D eigenvalue weighted by Gasteiger charge is -2.36. The van der Waals surface area contributed by atoms with Crippen LogP contribution in [0.1, 0.15) is 169 Å². The van der Waals surface area contributed by atoms with E-state index in [-0.39, 0.29) is 89.0 Å². The highest BCUT2D eigenvalue weighted by atomic mass is 32.2. The van der Waals surface area contributed by atoms with Crippen LogP contribution in [0.2, 0.25) is 0 Å². The predicted octanol–water partition coefficient (Wildman–Crippen LogP) is -1.35. The number of terminal acetylenes is 1. The molecule has 0 bridgehead atoms. The third-order valence-corrected chi connectivity index (χ3v) is 26.6. The topological polar surface area (TPSA) is 653 Å². The van der Waals surface area contributed by atoms with Crippen molar-refractivity contribution in [3.05, 3.63) is 102 Å². The number of para-hydroxylation sites is 2. The number of hydrogen-bond donors (Lipinski definition) is 19. The summed E-state index contributed by atoms with van der Waals surface area (Å²) in [6.07, 6.45) is 5.40. The van der Waals surface area contributed by atoms with E-state index >= 15 is 38.4 Å². The first-order valence-corrected chi connectivity index (χ1v) is 49.3. The Hall–Kier alpha value is -13.7. The molecule has 44 nitrogen and oxygen atoms in total. The highest BCUT2D eigenvalue weighted by molar-refractivity contribution is 8.00. The fraction of sp³-hybridized carbons (Fsp3) is 0.561. The van der Waals surface area contributed by atoms with E-state index in [1.807, 2.05) is 13.8 Å². The number of aliphatic carboxylic acids is 2. The van der Waals surface area contributed by atoms with Crippen LogP contribution in [0.15, 0.2) is 85.2 Å². The summed E-state index contributed by atoms with van der Waals surface area (Å²) in [6.45, 7) is 12.2. The van der Waals surface area contributed by atoms with Gasteiger partial charge in [-0.2, -0.15) is 0 Å². The highest BCUT2D eigenvalue weighted by Gasteiger charge is 2.48. The van der Waals surface area contributed by atoms with Crippen LogP contribution < -0.4 is 75.7 Å². The zero-order chi connectivity index (χ0) is 106. The third kappa shape index (κ3) is 31.6. The summed E-state index contributed by atoms with van der Waals surface area (Å²) in [6, 6.07) is -4.58. The number of aliphatic hydroxyl groups excluding tert-OH is 1. The number of nitrogens with zero attached hydrogens (tertiary/aromatic N) is 6. The number of carboxylic acid groups (broad SMARTS) is 2. The molecule has 3 saturated heterocycles. The standard InChI is InChI=1S/C98H139N21O23S/c1-14-17-28-75-88(132)105-66(39-53(4)5)84(128)111-73(87(131)113-98(9,10)97(142)112-65(24-16-3)96(140)141)51-143-52-80(123)103-69(41-56-32-34-59(120)35-33-56)91(135)114(11)55(8)82(126)107-71(45-79(101)122)93(137)118-38-23-31-76(118)89(133)110-72(46-100)86(130)108-68(40-54(6)7)94(138)119-49-60(121)44-78(119)90(134)106-67(42-57-47-102-63-27-21-19-25-61(57)63)85(129)104-64(36-37-99)83(127)109-70(92(136)116(13)77(29-18-15-2)95(139)115(75)12)43-58-48-117(50-81(124)125)74-30-22-20-26-62(58)74/h3,19-22,25-27,30,32-35,47-48,53-55,60,64-73,75-78,102,120-121H,14-15,17-18,23-24,28-29,31,36-46,49-52,99-100H2,1-2,4-13H3,(H2,101,122)(H,103,123)(H,104,129)(H,105,132)(H,106,134)(H,107,126)(H,108,130)(H,109,127)(H,110,133)(H,111,128)(H,112,142)(H,113,131)(H,124,125)(H,140,141)/t55-,60+,64-,65-,66-,67-,68-,69-,70-,71-,72-,73-,75-,76-,77-,78-/m0/s1. The normalized spacial score (nSPS) is 24.4. The van der Waals surface area contributed by atoms with E-state index in [2.05, 4.69) is 69.4 Å². The van der Waals surface area contributed by atoms with Gasteiger partial charge in [-0.3, -0.25) is 86.3 Å². The van der Waals surface area contributed by atoms with Crippen molar-refractivity contribution >= 4 is 146 Å². The number of rotatable bonds is 29. The van der Waals surface area contributed by atoms with Crippen molar-refractivity contribution in [3.63, 3.8) is 0 Å². The molecule has 8 rings (SSSR count). The molecule has 3 aliphatic rings. The van der Waals surface area contributed by atoms with Gasteiger partial charge in [0.05, 0.1) is 18.3 Å². The summed E-state index contributed by atoms with van der Waals surface area (Å²) in [7, 11) is 3.85. The van der Waals surface area contributed by atoms with E-state index in [0.29, 0.717) is 57.8 Å². The number of carboxylic acids is 2. The minimum atomic E-state index is -1.99. The SMILES string of the molecule is C#CC[C@H](NC(=O)C(C)(C)NC(=O)[C@@H]1CSCC(=O)N[C@@H](Cc2ccc(O)cc2)C(=O)N(C)[C@@H](C)C(=O)N[C@@H](CC(N)=O)C(=O)N2CCC[C@H]2C(=O)N[C@@H](CN)C(=O)N[C@@H](CC(C)C)C(=O)N2C[C@H](O)C[C@H]2C(=O)N[C@@H](Cc2c[nH]c3ccccc23)C(=O)N[C@@H](CCN)C(=O)N[C@@H](Cc2cn(CC(=O)O)c3ccccc23)C(=O)N(C)[C@@H](CCCC)C(=O)N(C)[C@@H](CCCC)C(=O)N[C@@H](CC(C)C)C(=O)N1)C(=O)O. The molecule has 5 aromatic rings. The Labute approximate surface area is 833 Å². The molecule has 45 heteroatoms. The quantitative estimate of drug-likeness (QED) is 0.0246. The maximum atomic E-state index is 16.1. The lowest BCUT2D eigenvalue weighted by Crippen LogP contribution is -2.63. The second-order valence-corrected chi connectivity index (χ2v) is 39.0. The number of fused-ring (bicyclic) bond motifs is 4. The molecule has 16 atom stereocenters. The number of H-pyrrole nitrogens is 1. The van der Waals surface area contributed by atoms with Gasteiger partial charge in [0.25, 0.3) is 0 Å². The van der Waals surface area contributed by atoms with Crippen LogP contribution in [0.4, 0.5) is 0 Å². The zero-order valence-corrected chi connectivity index (χ0v) is 83.7. The maximum absolute atomic E-state index is 16.1. The van der Waals surface area contributed by atoms with Crippen LogP contribution in [-0.4, -0.2) is 328 Å². The van der Waals surface area contributed by atoms with E-state index < -0.39 is 277 Å². The van der Waals surface area contributed by atoms with E-state index in [9.17, 15) is 73.2 Å². The number of phenols is 1. The minimum absolute atomic E-state index is 0.0365. The number of thioether (sulfide) groups is 1. The number of hydrogen-bond acceptors (Lipinski definition) is 24. The van der Waals surface area contributed by atoms with Crippen LogP contribution >= 0.6 is 11.8 Å². The Bertz CT molecular complexity index is 5470. The number of unbranched alkanes of at least 4 members (excludes halogenated alkanes) is 2. The molecule has 2 aromatic heterocycles.